The summed E-state index contributed by atoms with van der Waals surface area (Å²) in [5, 5.41) is 11.0. The van der Waals surface area contributed by atoms with E-state index in [1.807, 2.05) is 23.9 Å². The van der Waals surface area contributed by atoms with E-state index in [2.05, 4.69) is 0 Å². The predicted octanol–water partition coefficient (Wildman–Crippen LogP) is 2.31. The fourth-order valence-corrected chi connectivity index (χ4v) is 3.78. The topological polar surface area (TPSA) is 38.7 Å². The zero-order chi connectivity index (χ0) is 13.2. The predicted molar refractivity (Wildman–Crippen MR) is 77.4 cm³/mol. The first kappa shape index (κ1) is 13.6. The second-order valence-corrected chi connectivity index (χ2v) is 6.49. The smallest absolute Gasteiger partial charge is 0.126 e. The summed E-state index contributed by atoms with van der Waals surface area (Å²) in [5.74, 6) is 2.77. The first-order valence-electron chi connectivity index (χ1n) is 6.55. The maximum Gasteiger partial charge on any atom is 0.126 e. The molecule has 0 aliphatic carbocycles. The quantitative estimate of drug-likeness (QED) is 0.930. The van der Waals surface area contributed by atoms with Gasteiger partial charge in [0.15, 0.2) is 0 Å². The molecule has 104 valence electrons. The average Bonchev–Trinajstić information content (AvgIpc) is 2.88. The van der Waals surface area contributed by atoms with E-state index in [1.54, 1.807) is 0 Å². The van der Waals surface area contributed by atoms with Crippen LogP contribution in [0.15, 0.2) is 12.1 Å². The van der Waals surface area contributed by atoms with Crippen molar-refractivity contribution >= 4 is 23.4 Å². The molecule has 0 bridgehead atoms. The first-order valence-corrected chi connectivity index (χ1v) is 8.09. The summed E-state index contributed by atoms with van der Waals surface area (Å²) < 4.78 is 11.3. The Hall–Kier alpha value is -0.420. The van der Waals surface area contributed by atoms with E-state index in [1.165, 1.54) is 0 Å². The zero-order valence-corrected chi connectivity index (χ0v) is 12.2. The molecule has 2 unspecified atom stereocenters. The van der Waals surface area contributed by atoms with E-state index in [4.69, 9.17) is 21.1 Å². The van der Waals surface area contributed by atoms with Gasteiger partial charge in [0.05, 0.1) is 25.4 Å². The first-order chi connectivity index (χ1) is 9.24. The molecule has 0 aromatic heterocycles. The van der Waals surface area contributed by atoms with Gasteiger partial charge in [0.2, 0.25) is 0 Å². The number of ether oxygens (including phenoxy) is 2. The van der Waals surface area contributed by atoms with Crippen molar-refractivity contribution in [2.45, 2.75) is 25.0 Å². The van der Waals surface area contributed by atoms with Crippen LogP contribution in [-0.2, 0) is 17.6 Å². The van der Waals surface area contributed by atoms with Crippen LogP contribution >= 0.6 is 23.4 Å². The molecule has 0 spiro atoms. The largest absolute Gasteiger partial charge is 0.493 e. The third kappa shape index (κ3) is 3.02. The lowest BCUT2D eigenvalue weighted by Gasteiger charge is -2.27. The van der Waals surface area contributed by atoms with Gasteiger partial charge in [-0.15, -0.1) is 0 Å². The summed E-state index contributed by atoms with van der Waals surface area (Å²) in [5.41, 5.74) is 2.14. The molecule has 0 radical (unpaired) electrons. The molecule has 0 saturated carbocycles. The molecular formula is C14H17ClO3S. The average molecular weight is 301 g/mol. The highest BCUT2D eigenvalue weighted by atomic mass is 35.5. The SMILES string of the molecule is OC(Cc1cc(Cl)cc2c1OCC2)C1CSCCO1. The zero-order valence-electron chi connectivity index (χ0n) is 10.6. The van der Waals surface area contributed by atoms with Crippen molar-refractivity contribution in [3.8, 4) is 5.75 Å². The van der Waals surface area contributed by atoms with Crippen molar-refractivity contribution < 1.29 is 14.6 Å². The van der Waals surface area contributed by atoms with Crippen LogP contribution in [0.3, 0.4) is 0 Å². The molecule has 3 nitrogen and oxygen atoms in total. The lowest BCUT2D eigenvalue weighted by molar-refractivity contribution is -0.0209. The Bertz CT molecular complexity index is 460. The Labute approximate surface area is 122 Å². The maximum absolute atomic E-state index is 10.3. The van der Waals surface area contributed by atoms with Gasteiger partial charge in [-0.05, 0) is 23.3 Å². The summed E-state index contributed by atoms with van der Waals surface area (Å²) in [7, 11) is 0. The van der Waals surface area contributed by atoms with Gasteiger partial charge in [0.25, 0.3) is 0 Å². The van der Waals surface area contributed by atoms with Gasteiger partial charge in [0, 0.05) is 29.4 Å². The molecule has 1 saturated heterocycles. The Morgan fingerprint density at radius 1 is 1.42 bits per heavy atom. The van der Waals surface area contributed by atoms with Crippen molar-refractivity contribution in [2.24, 2.45) is 0 Å². The van der Waals surface area contributed by atoms with Gasteiger partial charge >= 0.3 is 0 Å². The number of hydrogen-bond acceptors (Lipinski definition) is 4. The number of rotatable bonds is 3. The molecule has 2 atom stereocenters. The molecule has 1 aromatic rings. The van der Waals surface area contributed by atoms with Crippen LogP contribution in [0, 0.1) is 0 Å². The molecule has 2 aliphatic heterocycles. The second kappa shape index (κ2) is 5.92. The van der Waals surface area contributed by atoms with E-state index in [0.29, 0.717) is 18.1 Å². The normalized spacial score (nSPS) is 23.8. The van der Waals surface area contributed by atoms with Crippen molar-refractivity contribution in [1.82, 2.24) is 0 Å². The van der Waals surface area contributed by atoms with Crippen molar-refractivity contribution in [1.29, 1.82) is 0 Å². The van der Waals surface area contributed by atoms with Crippen molar-refractivity contribution in [3.05, 3.63) is 28.3 Å². The summed E-state index contributed by atoms with van der Waals surface area (Å²) in [6.45, 7) is 1.42. The summed E-state index contributed by atoms with van der Waals surface area (Å²) in [4.78, 5) is 0. The fourth-order valence-electron chi connectivity index (χ4n) is 2.58. The van der Waals surface area contributed by atoms with Gasteiger partial charge in [0.1, 0.15) is 5.75 Å². The minimum absolute atomic E-state index is 0.0882. The molecule has 1 fully saturated rings. The van der Waals surface area contributed by atoms with Gasteiger partial charge in [-0.3, -0.25) is 0 Å². The monoisotopic (exact) mass is 300 g/mol. The highest BCUT2D eigenvalue weighted by Gasteiger charge is 2.26. The third-order valence-electron chi connectivity index (χ3n) is 3.53. The van der Waals surface area contributed by atoms with Crippen molar-refractivity contribution in [2.75, 3.05) is 24.7 Å². The molecule has 2 aliphatic rings. The van der Waals surface area contributed by atoms with Crippen LogP contribution in [0.1, 0.15) is 11.1 Å². The van der Waals surface area contributed by atoms with Crippen LogP contribution in [0.2, 0.25) is 5.02 Å². The van der Waals surface area contributed by atoms with E-state index in [9.17, 15) is 5.11 Å². The molecule has 1 aromatic carbocycles. The Morgan fingerprint density at radius 3 is 3.11 bits per heavy atom. The maximum atomic E-state index is 10.3. The Morgan fingerprint density at radius 2 is 2.32 bits per heavy atom. The van der Waals surface area contributed by atoms with Crippen LogP contribution in [0.4, 0.5) is 0 Å². The van der Waals surface area contributed by atoms with E-state index in [0.717, 1.165) is 41.4 Å². The lowest BCUT2D eigenvalue weighted by Crippen LogP contribution is -2.36. The van der Waals surface area contributed by atoms with E-state index in [-0.39, 0.29) is 6.10 Å². The molecular weight excluding hydrogens is 284 g/mol. The number of aliphatic hydroxyl groups excluding tert-OH is 1. The lowest BCUT2D eigenvalue weighted by atomic mass is 10.0. The highest BCUT2D eigenvalue weighted by Crippen LogP contribution is 2.34. The number of aliphatic hydroxyl groups is 1. The summed E-state index contributed by atoms with van der Waals surface area (Å²) in [6, 6.07) is 3.84. The standard InChI is InChI=1S/C14H17ClO3S/c15-11-5-9-1-2-18-14(9)10(6-11)7-12(16)13-8-19-4-3-17-13/h5-6,12-13,16H,1-4,7-8H2. The highest BCUT2D eigenvalue weighted by molar-refractivity contribution is 7.99. The van der Waals surface area contributed by atoms with Crippen LogP contribution in [-0.4, -0.2) is 42.0 Å². The molecule has 0 amide bonds. The van der Waals surface area contributed by atoms with Crippen LogP contribution < -0.4 is 4.74 Å². The van der Waals surface area contributed by atoms with Crippen LogP contribution in [0.5, 0.6) is 5.75 Å². The second-order valence-electron chi connectivity index (χ2n) is 4.91. The molecule has 19 heavy (non-hydrogen) atoms. The van der Waals surface area contributed by atoms with E-state index >= 15 is 0 Å². The van der Waals surface area contributed by atoms with Gasteiger partial charge in [-0.2, -0.15) is 11.8 Å². The molecule has 1 N–H and O–H groups in total. The summed E-state index contributed by atoms with van der Waals surface area (Å²) in [6.07, 6.45) is 0.845. The Balaban J connectivity index is 1.75. The Kier molecular flexibility index (Phi) is 4.22. The number of thioether (sulfide) groups is 1. The van der Waals surface area contributed by atoms with Gasteiger partial charge in [-0.25, -0.2) is 0 Å². The number of benzene rings is 1. The number of halogens is 1. The van der Waals surface area contributed by atoms with Gasteiger partial charge in [-0.1, -0.05) is 11.6 Å². The molecule has 2 heterocycles. The minimum Gasteiger partial charge on any atom is -0.493 e. The molecule has 5 heteroatoms. The number of fused-ring (bicyclic) bond motifs is 1. The summed E-state index contributed by atoms with van der Waals surface area (Å²) >= 11 is 7.95. The fraction of sp³-hybridized carbons (Fsp3) is 0.571. The van der Waals surface area contributed by atoms with E-state index < -0.39 is 6.10 Å². The van der Waals surface area contributed by atoms with Crippen molar-refractivity contribution in [3.63, 3.8) is 0 Å². The van der Waals surface area contributed by atoms with Gasteiger partial charge < -0.3 is 14.6 Å². The minimum atomic E-state index is -0.500. The number of hydrogen-bond donors (Lipinski definition) is 1. The third-order valence-corrected chi connectivity index (χ3v) is 4.76. The molecule has 3 rings (SSSR count). The van der Waals surface area contributed by atoms with Crippen LogP contribution in [0.25, 0.3) is 0 Å².